The summed E-state index contributed by atoms with van der Waals surface area (Å²) in [5.41, 5.74) is -2.90. The van der Waals surface area contributed by atoms with E-state index in [1.54, 1.807) is 4.90 Å². The van der Waals surface area contributed by atoms with Gasteiger partial charge in [-0.05, 0) is 38.7 Å². The summed E-state index contributed by atoms with van der Waals surface area (Å²) < 4.78 is 68.3. The number of allylic oxidation sites excluding steroid dienone is 4. The van der Waals surface area contributed by atoms with Crippen LogP contribution in [0.5, 0.6) is 0 Å². The number of thiazole rings is 1. The molecule has 2 aliphatic rings. The number of hydrogen-bond acceptors (Lipinski definition) is 8. The molecule has 0 atom stereocenters. The molecule has 9 nitrogen and oxygen atoms in total. The molecule has 5 rings (SSSR count). The zero-order chi connectivity index (χ0) is 27.1. The van der Waals surface area contributed by atoms with Gasteiger partial charge in [-0.2, -0.15) is 18.3 Å². The van der Waals surface area contributed by atoms with E-state index in [2.05, 4.69) is 22.4 Å². The van der Waals surface area contributed by atoms with E-state index >= 15 is 0 Å². The van der Waals surface area contributed by atoms with Crippen LogP contribution in [-0.4, -0.2) is 57.7 Å². The van der Waals surface area contributed by atoms with E-state index in [0.717, 1.165) is 39.9 Å². The molecule has 14 heteroatoms. The molecule has 0 unspecified atom stereocenters. The Hall–Kier alpha value is -3.26. The molecule has 1 aliphatic carbocycles. The lowest BCUT2D eigenvalue weighted by molar-refractivity contribution is -0.133. The lowest BCUT2D eigenvalue weighted by Gasteiger charge is -2.31. The van der Waals surface area contributed by atoms with E-state index in [-0.39, 0.29) is 24.1 Å². The van der Waals surface area contributed by atoms with Crippen LogP contribution >= 0.6 is 11.3 Å². The van der Waals surface area contributed by atoms with Crippen molar-refractivity contribution in [2.45, 2.75) is 55.6 Å². The molecule has 0 saturated carbocycles. The van der Waals surface area contributed by atoms with Gasteiger partial charge in [-0.3, -0.25) is 9.48 Å². The molecular formula is C24H24F3N5O4S2. The van der Waals surface area contributed by atoms with Crippen LogP contribution in [0.25, 0.3) is 17.0 Å². The SMILES string of the molecule is Cc1cc(S(=O)(=O)C(F)(F)F)nn1CC(=O)N1CCC(c2nc(-c3cc(C4=CCCC=C4)on3)cs2)CC1. The highest BCUT2D eigenvalue weighted by Crippen LogP contribution is 2.34. The van der Waals surface area contributed by atoms with Gasteiger partial charge in [-0.25, -0.2) is 13.4 Å². The molecule has 1 saturated heterocycles. The number of carbonyl (C=O) groups excluding carboxylic acids is 1. The molecule has 202 valence electrons. The highest BCUT2D eigenvalue weighted by Gasteiger charge is 2.48. The fourth-order valence-corrected chi connectivity index (χ4v) is 6.17. The number of rotatable bonds is 6. The standard InChI is InChI=1S/C24H24F3N5O4S2/c1-15-11-21(38(34,35)24(25,26)27)29-32(15)13-22(33)31-9-7-17(8-10-31)23-28-19(14-37-23)18-12-20(36-30-18)16-5-3-2-4-6-16/h3,5-6,11-12,14,17H,2,4,7-10,13H2,1H3. The number of amides is 1. The van der Waals surface area contributed by atoms with Crippen LogP contribution in [0.1, 0.15) is 48.1 Å². The molecule has 4 heterocycles. The Labute approximate surface area is 220 Å². The lowest BCUT2D eigenvalue weighted by Crippen LogP contribution is -2.40. The molecule has 1 amide bonds. The van der Waals surface area contributed by atoms with Crippen molar-refractivity contribution in [3.8, 4) is 11.4 Å². The van der Waals surface area contributed by atoms with E-state index in [0.29, 0.717) is 37.4 Å². The predicted molar refractivity (Wildman–Crippen MR) is 133 cm³/mol. The van der Waals surface area contributed by atoms with Gasteiger partial charge in [0.2, 0.25) is 5.91 Å². The van der Waals surface area contributed by atoms with Crippen molar-refractivity contribution in [3.05, 3.63) is 52.2 Å². The van der Waals surface area contributed by atoms with Crippen molar-refractivity contribution in [2.75, 3.05) is 13.1 Å². The van der Waals surface area contributed by atoms with Crippen LogP contribution in [0.15, 0.2) is 45.3 Å². The smallest absolute Gasteiger partial charge is 0.356 e. The second kappa shape index (κ2) is 10.1. The molecule has 0 radical (unpaired) electrons. The van der Waals surface area contributed by atoms with E-state index < -0.39 is 20.4 Å². The van der Waals surface area contributed by atoms with Crippen molar-refractivity contribution in [3.63, 3.8) is 0 Å². The highest BCUT2D eigenvalue weighted by atomic mass is 32.2. The molecule has 3 aromatic heterocycles. The average Bonchev–Trinajstić information content (AvgIpc) is 3.64. The second-order valence-corrected chi connectivity index (χ2v) is 12.0. The van der Waals surface area contributed by atoms with Crippen molar-refractivity contribution in [2.24, 2.45) is 0 Å². The minimum Gasteiger partial charge on any atom is -0.356 e. The van der Waals surface area contributed by atoms with Crippen LogP contribution in [0.3, 0.4) is 0 Å². The number of alkyl halides is 3. The second-order valence-electron chi connectivity index (χ2n) is 9.17. The molecule has 38 heavy (non-hydrogen) atoms. The Morgan fingerprint density at radius 3 is 2.63 bits per heavy atom. The Morgan fingerprint density at radius 1 is 1.18 bits per heavy atom. The number of piperidine rings is 1. The number of hydrogen-bond donors (Lipinski definition) is 0. The molecule has 0 spiro atoms. The van der Waals surface area contributed by atoms with Crippen molar-refractivity contribution in [1.29, 1.82) is 0 Å². The maximum absolute atomic E-state index is 12.8. The van der Waals surface area contributed by atoms with Crippen molar-refractivity contribution < 1.29 is 30.9 Å². The van der Waals surface area contributed by atoms with E-state index in [1.165, 1.54) is 18.3 Å². The largest absolute Gasteiger partial charge is 0.503 e. The Morgan fingerprint density at radius 2 is 1.95 bits per heavy atom. The van der Waals surface area contributed by atoms with Gasteiger partial charge in [0.15, 0.2) is 10.8 Å². The summed E-state index contributed by atoms with van der Waals surface area (Å²) >= 11 is 1.53. The lowest BCUT2D eigenvalue weighted by atomic mass is 9.97. The van der Waals surface area contributed by atoms with Gasteiger partial charge in [0.25, 0.3) is 9.84 Å². The molecule has 0 aromatic carbocycles. The topological polar surface area (TPSA) is 111 Å². The Bertz CT molecular complexity index is 1510. The Kier molecular flexibility index (Phi) is 7.03. The minimum atomic E-state index is -5.58. The molecule has 0 N–H and O–H groups in total. The van der Waals surface area contributed by atoms with E-state index in [1.807, 2.05) is 17.5 Å². The first-order chi connectivity index (χ1) is 18.0. The fraction of sp³-hybridized carbons (Fsp3) is 0.417. The maximum atomic E-state index is 12.8. The summed E-state index contributed by atoms with van der Waals surface area (Å²) in [6.45, 7) is 1.95. The van der Waals surface area contributed by atoms with Gasteiger partial charge in [-0.15, -0.1) is 11.3 Å². The normalized spacial score (nSPS) is 17.2. The third kappa shape index (κ3) is 5.19. The summed E-state index contributed by atoms with van der Waals surface area (Å²) in [5, 5.41) is 9.47. The van der Waals surface area contributed by atoms with Gasteiger partial charge in [0.1, 0.15) is 17.9 Å². The number of aryl methyl sites for hydroxylation is 1. The van der Waals surface area contributed by atoms with Crippen LogP contribution in [0, 0.1) is 6.92 Å². The van der Waals surface area contributed by atoms with Gasteiger partial charge < -0.3 is 9.42 Å². The quantitative estimate of drug-likeness (QED) is 0.423. The molecule has 1 fully saturated rings. The first kappa shape index (κ1) is 26.4. The number of halogens is 3. The monoisotopic (exact) mass is 567 g/mol. The zero-order valence-electron chi connectivity index (χ0n) is 20.3. The highest BCUT2D eigenvalue weighted by molar-refractivity contribution is 7.92. The van der Waals surface area contributed by atoms with E-state index in [9.17, 15) is 26.4 Å². The summed E-state index contributed by atoms with van der Waals surface area (Å²) in [6.07, 6.45) is 9.56. The van der Waals surface area contributed by atoms with Crippen molar-refractivity contribution >= 4 is 32.7 Å². The van der Waals surface area contributed by atoms with Crippen molar-refractivity contribution in [1.82, 2.24) is 24.8 Å². The first-order valence-corrected chi connectivity index (χ1v) is 14.3. The molecular weight excluding hydrogens is 543 g/mol. The number of likely N-dealkylation sites (tertiary alicyclic amines) is 1. The predicted octanol–water partition coefficient (Wildman–Crippen LogP) is 4.74. The summed E-state index contributed by atoms with van der Waals surface area (Å²) in [5.74, 6) is 0.516. The van der Waals surface area contributed by atoms with Gasteiger partial charge in [0, 0.05) is 41.7 Å². The van der Waals surface area contributed by atoms with Crippen LogP contribution in [-0.2, 0) is 21.2 Å². The molecule has 1 aliphatic heterocycles. The Balaban J connectivity index is 1.19. The zero-order valence-corrected chi connectivity index (χ0v) is 21.9. The summed E-state index contributed by atoms with van der Waals surface area (Å²) in [6, 6.07) is 2.70. The minimum absolute atomic E-state index is 0.151. The average molecular weight is 568 g/mol. The fourth-order valence-electron chi connectivity index (χ4n) is 4.41. The number of nitrogens with zero attached hydrogens (tertiary/aromatic N) is 5. The van der Waals surface area contributed by atoms with E-state index in [4.69, 9.17) is 9.51 Å². The number of aromatic nitrogens is 4. The molecule has 0 bridgehead atoms. The van der Waals surface area contributed by atoms with Gasteiger partial charge in [0.05, 0.1) is 5.01 Å². The van der Waals surface area contributed by atoms with Gasteiger partial charge >= 0.3 is 5.51 Å². The van der Waals surface area contributed by atoms with Crippen LogP contribution < -0.4 is 0 Å². The van der Waals surface area contributed by atoms with Crippen LogP contribution in [0.2, 0.25) is 0 Å². The van der Waals surface area contributed by atoms with Crippen LogP contribution in [0.4, 0.5) is 13.2 Å². The number of sulfone groups is 1. The first-order valence-electron chi connectivity index (χ1n) is 12.0. The maximum Gasteiger partial charge on any atom is 0.503 e. The molecule has 3 aromatic rings. The van der Waals surface area contributed by atoms with Gasteiger partial charge in [-0.1, -0.05) is 23.4 Å². The summed E-state index contributed by atoms with van der Waals surface area (Å²) in [4.78, 5) is 19.2. The summed E-state index contributed by atoms with van der Waals surface area (Å²) in [7, 11) is -5.58. The third-order valence-corrected chi connectivity index (χ3v) is 8.96. The number of carbonyl (C=O) groups is 1. The third-order valence-electron chi connectivity index (χ3n) is 6.59.